The highest BCUT2D eigenvalue weighted by molar-refractivity contribution is 6.29. The Morgan fingerprint density at radius 2 is 2.12 bits per heavy atom. The second kappa shape index (κ2) is 8.05. The normalized spacial score (nSPS) is 19.0. The van der Waals surface area contributed by atoms with E-state index in [4.69, 9.17) is 31.5 Å². The molecule has 32 heavy (non-hydrogen) atoms. The topological polar surface area (TPSA) is 126 Å². The van der Waals surface area contributed by atoms with Crippen LogP contribution in [0.3, 0.4) is 0 Å². The lowest BCUT2D eigenvalue weighted by Crippen LogP contribution is -2.49. The van der Waals surface area contributed by atoms with Crippen molar-refractivity contribution in [3.8, 4) is 16.9 Å². The SMILES string of the molecule is COc1c(Nc2cc(Cl)nnc2C(N)=O)cccc1-c1cnn(C2CCC23OCCO3)c1. The quantitative estimate of drug-likeness (QED) is 0.579. The highest BCUT2D eigenvalue weighted by Gasteiger charge is 2.53. The molecule has 2 fully saturated rings. The number of aromatic nitrogens is 4. The molecule has 3 heterocycles. The highest BCUT2D eigenvalue weighted by Crippen LogP contribution is 2.48. The Hall–Kier alpha value is -3.21. The first-order chi connectivity index (χ1) is 15.5. The Morgan fingerprint density at radius 1 is 1.31 bits per heavy atom. The van der Waals surface area contributed by atoms with Gasteiger partial charge in [0.05, 0.1) is 37.9 Å². The molecule has 5 rings (SSSR count). The Kier molecular flexibility index (Phi) is 5.20. The average molecular weight is 457 g/mol. The van der Waals surface area contributed by atoms with Crippen molar-refractivity contribution in [2.45, 2.75) is 24.7 Å². The Balaban J connectivity index is 1.48. The van der Waals surface area contributed by atoms with Crippen molar-refractivity contribution >= 4 is 28.9 Å². The molecule has 0 bridgehead atoms. The fourth-order valence-corrected chi connectivity index (χ4v) is 4.32. The predicted octanol–water partition coefficient (Wildman–Crippen LogP) is 2.92. The number of ether oxygens (including phenoxy) is 3. The lowest BCUT2D eigenvalue weighted by Gasteiger charge is -2.44. The van der Waals surface area contributed by atoms with Crippen LogP contribution >= 0.6 is 11.6 Å². The molecule has 166 valence electrons. The van der Waals surface area contributed by atoms with Crippen molar-refractivity contribution in [1.82, 2.24) is 20.0 Å². The summed E-state index contributed by atoms with van der Waals surface area (Å²) in [6, 6.07) is 7.13. The van der Waals surface area contributed by atoms with Gasteiger partial charge in [0.2, 0.25) is 0 Å². The molecule has 11 heteroatoms. The number of carbonyl (C=O) groups excluding carboxylic acids is 1. The molecule has 3 aromatic rings. The Bertz CT molecular complexity index is 1180. The zero-order valence-electron chi connectivity index (χ0n) is 17.2. The molecule has 2 aliphatic rings. The Morgan fingerprint density at radius 3 is 2.81 bits per heavy atom. The lowest BCUT2D eigenvalue weighted by molar-refractivity contribution is -0.242. The molecule has 10 nitrogen and oxygen atoms in total. The third-order valence-corrected chi connectivity index (χ3v) is 5.95. The third-order valence-electron chi connectivity index (χ3n) is 5.77. The second-order valence-corrected chi connectivity index (χ2v) is 7.96. The number of rotatable bonds is 6. The molecule has 1 spiro atoms. The summed E-state index contributed by atoms with van der Waals surface area (Å²) in [6.07, 6.45) is 5.53. The fraction of sp³-hybridized carbons (Fsp3) is 0.333. The maximum absolute atomic E-state index is 11.7. The number of carbonyl (C=O) groups is 1. The monoisotopic (exact) mass is 456 g/mol. The van der Waals surface area contributed by atoms with Gasteiger partial charge >= 0.3 is 0 Å². The van der Waals surface area contributed by atoms with Gasteiger partial charge in [0.15, 0.2) is 16.6 Å². The summed E-state index contributed by atoms with van der Waals surface area (Å²) in [5.74, 6) is -0.721. The molecule has 1 unspecified atom stereocenters. The minimum Gasteiger partial charge on any atom is -0.494 e. The van der Waals surface area contributed by atoms with Crippen LogP contribution in [0.4, 0.5) is 11.4 Å². The van der Waals surface area contributed by atoms with E-state index in [0.717, 1.165) is 24.0 Å². The van der Waals surface area contributed by atoms with E-state index in [0.29, 0.717) is 30.3 Å². The number of amides is 1. The van der Waals surface area contributed by atoms with E-state index in [1.807, 2.05) is 29.1 Å². The molecule has 2 aromatic heterocycles. The number of para-hydroxylation sites is 1. The van der Waals surface area contributed by atoms with Gasteiger partial charge in [-0.3, -0.25) is 9.48 Å². The molecule has 1 amide bonds. The molecular formula is C21H21ClN6O4. The van der Waals surface area contributed by atoms with E-state index in [2.05, 4.69) is 20.6 Å². The molecule has 3 N–H and O–H groups in total. The van der Waals surface area contributed by atoms with Gasteiger partial charge in [0.25, 0.3) is 5.91 Å². The smallest absolute Gasteiger partial charge is 0.271 e. The molecule has 1 atom stereocenters. The summed E-state index contributed by atoms with van der Waals surface area (Å²) < 4.78 is 19.3. The molecule has 0 radical (unpaired) electrons. The molecule has 1 aromatic carbocycles. The summed E-state index contributed by atoms with van der Waals surface area (Å²) >= 11 is 5.96. The van der Waals surface area contributed by atoms with Crippen LogP contribution in [-0.4, -0.2) is 52.0 Å². The first kappa shape index (κ1) is 20.7. The predicted molar refractivity (Wildman–Crippen MR) is 116 cm³/mol. The first-order valence-electron chi connectivity index (χ1n) is 10.1. The minimum atomic E-state index is -0.723. The molecule has 1 saturated carbocycles. The van der Waals surface area contributed by atoms with Crippen molar-refractivity contribution < 1.29 is 19.0 Å². The number of nitrogens with one attached hydrogen (secondary N) is 1. The highest BCUT2D eigenvalue weighted by atomic mass is 35.5. The first-order valence-corrected chi connectivity index (χ1v) is 10.5. The summed E-state index contributed by atoms with van der Waals surface area (Å²) in [4.78, 5) is 11.7. The van der Waals surface area contributed by atoms with Gasteiger partial charge in [-0.05, 0) is 12.5 Å². The van der Waals surface area contributed by atoms with Crippen molar-refractivity contribution in [2.75, 3.05) is 25.6 Å². The van der Waals surface area contributed by atoms with Gasteiger partial charge in [-0.15, -0.1) is 10.2 Å². The molecule has 1 aliphatic heterocycles. The number of hydrogen-bond donors (Lipinski definition) is 2. The van der Waals surface area contributed by atoms with E-state index in [9.17, 15) is 4.79 Å². The van der Waals surface area contributed by atoms with Crippen molar-refractivity contribution in [3.63, 3.8) is 0 Å². The second-order valence-electron chi connectivity index (χ2n) is 7.58. The average Bonchev–Trinajstić information content (AvgIpc) is 3.44. The number of halogens is 1. The third kappa shape index (κ3) is 3.46. The number of hydrogen-bond acceptors (Lipinski definition) is 8. The lowest BCUT2D eigenvalue weighted by atomic mass is 9.85. The summed E-state index contributed by atoms with van der Waals surface area (Å²) in [5, 5.41) is 15.3. The largest absolute Gasteiger partial charge is 0.494 e. The number of benzene rings is 1. The van der Waals surface area contributed by atoms with Gasteiger partial charge in [-0.1, -0.05) is 23.7 Å². The summed E-state index contributed by atoms with van der Waals surface area (Å²) in [7, 11) is 1.57. The zero-order chi connectivity index (χ0) is 22.3. The van der Waals surface area contributed by atoms with Gasteiger partial charge in [0, 0.05) is 29.8 Å². The van der Waals surface area contributed by atoms with E-state index in [1.165, 1.54) is 6.07 Å². The van der Waals surface area contributed by atoms with E-state index in [1.54, 1.807) is 13.3 Å². The number of nitrogens with zero attached hydrogens (tertiary/aromatic N) is 4. The van der Waals surface area contributed by atoms with Crippen LogP contribution in [0.15, 0.2) is 36.7 Å². The number of nitrogens with two attached hydrogens (primary N) is 1. The minimum absolute atomic E-state index is 0.0264. The van der Waals surface area contributed by atoms with Crippen LogP contribution in [0.1, 0.15) is 29.4 Å². The number of primary amides is 1. The summed E-state index contributed by atoms with van der Waals surface area (Å²) in [6.45, 7) is 1.21. The fourth-order valence-electron chi connectivity index (χ4n) is 4.17. The van der Waals surface area contributed by atoms with Crippen molar-refractivity contribution in [1.29, 1.82) is 0 Å². The molecular weight excluding hydrogens is 436 g/mol. The van der Waals surface area contributed by atoms with Crippen molar-refractivity contribution in [2.24, 2.45) is 5.73 Å². The van der Waals surface area contributed by atoms with E-state index >= 15 is 0 Å². The van der Waals surface area contributed by atoms with Crippen molar-refractivity contribution in [3.05, 3.63) is 47.5 Å². The standard InChI is InChI=1S/C21H21ClN6O4/c1-30-19-13(12-10-24-28(11-12)16-5-6-21(16)31-7-8-32-21)3-2-4-14(19)25-15-9-17(22)26-27-18(15)20(23)29/h2-4,9-11,16H,5-8H2,1H3,(H2,23,29)(H,25,26). The van der Waals surface area contributed by atoms with Crippen LogP contribution in [0.5, 0.6) is 5.75 Å². The van der Waals surface area contributed by atoms with Crippen LogP contribution in [0.25, 0.3) is 11.1 Å². The van der Waals surface area contributed by atoms with E-state index < -0.39 is 11.7 Å². The Labute approximate surface area is 188 Å². The molecule has 1 aliphatic carbocycles. The zero-order valence-corrected chi connectivity index (χ0v) is 18.0. The molecule has 1 saturated heterocycles. The van der Waals surface area contributed by atoms with Crippen LogP contribution < -0.4 is 15.8 Å². The maximum Gasteiger partial charge on any atom is 0.271 e. The van der Waals surface area contributed by atoms with Gasteiger partial charge < -0.3 is 25.3 Å². The van der Waals surface area contributed by atoms with Crippen LogP contribution in [0, 0.1) is 0 Å². The van der Waals surface area contributed by atoms with Gasteiger partial charge in [-0.2, -0.15) is 5.10 Å². The van der Waals surface area contributed by atoms with E-state index in [-0.39, 0.29) is 16.9 Å². The number of anilines is 2. The maximum atomic E-state index is 11.7. The van der Waals surface area contributed by atoms with Crippen LogP contribution in [-0.2, 0) is 9.47 Å². The summed E-state index contributed by atoms with van der Waals surface area (Å²) in [5.41, 5.74) is 8.01. The number of methoxy groups -OCH3 is 1. The van der Waals surface area contributed by atoms with Crippen LogP contribution in [0.2, 0.25) is 5.15 Å². The van der Waals surface area contributed by atoms with Gasteiger partial charge in [0.1, 0.15) is 11.8 Å². The van der Waals surface area contributed by atoms with Gasteiger partial charge in [-0.25, -0.2) is 0 Å².